The summed E-state index contributed by atoms with van der Waals surface area (Å²) in [6.45, 7) is 10.5. The largest absolute Gasteiger partial charge is 0.460 e. The fraction of sp³-hybridized carbons (Fsp3) is 0.381. The summed E-state index contributed by atoms with van der Waals surface area (Å²) in [5.74, 6) is -1.28. The van der Waals surface area contributed by atoms with Crippen molar-refractivity contribution in [3.63, 3.8) is 0 Å². The number of urea groups is 1. The van der Waals surface area contributed by atoms with Gasteiger partial charge in [0.05, 0.1) is 0 Å². The molecule has 7 nitrogen and oxygen atoms in total. The molecule has 0 aromatic heterocycles. The van der Waals surface area contributed by atoms with Gasteiger partial charge in [-0.1, -0.05) is 44.7 Å². The number of benzene rings is 1. The summed E-state index contributed by atoms with van der Waals surface area (Å²) < 4.78 is 10.2. The quantitative estimate of drug-likeness (QED) is 0.465. The maximum absolute atomic E-state index is 13.0. The van der Waals surface area contributed by atoms with Crippen molar-refractivity contribution in [3.05, 3.63) is 55.6 Å². The van der Waals surface area contributed by atoms with Crippen LogP contribution in [0.25, 0.3) is 0 Å². The van der Waals surface area contributed by atoms with Gasteiger partial charge in [-0.15, -0.1) is 0 Å². The molecule has 1 aromatic carbocycles. The lowest BCUT2D eigenvalue weighted by Gasteiger charge is -2.33. The summed E-state index contributed by atoms with van der Waals surface area (Å²) in [6.07, 6.45) is 3.78. The van der Waals surface area contributed by atoms with Crippen molar-refractivity contribution < 1.29 is 23.9 Å². The Morgan fingerprint density at radius 3 is 2.07 bits per heavy atom. The molecule has 0 saturated heterocycles. The predicted octanol–water partition coefficient (Wildman–Crippen LogP) is 3.22. The fourth-order valence-corrected chi connectivity index (χ4v) is 2.29. The van der Waals surface area contributed by atoms with Crippen LogP contribution in [0.3, 0.4) is 0 Å². The molecule has 0 aliphatic heterocycles. The van der Waals surface area contributed by atoms with E-state index in [4.69, 9.17) is 9.47 Å². The van der Waals surface area contributed by atoms with E-state index in [1.165, 1.54) is 0 Å². The van der Waals surface area contributed by atoms with E-state index in [9.17, 15) is 14.4 Å². The van der Waals surface area contributed by atoms with Gasteiger partial charge < -0.3 is 14.8 Å². The fourth-order valence-electron chi connectivity index (χ4n) is 2.29. The maximum atomic E-state index is 13.0. The van der Waals surface area contributed by atoms with Gasteiger partial charge in [0.25, 0.3) is 0 Å². The third-order valence-corrected chi connectivity index (χ3v) is 3.86. The lowest BCUT2D eigenvalue weighted by molar-refractivity contribution is -0.144. The first-order valence-corrected chi connectivity index (χ1v) is 9.08. The highest BCUT2D eigenvalue weighted by Crippen LogP contribution is 2.16. The first-order chi connectivity index (χ1) is 13.3. The first-order valence-electron chi connectivity index (χ1n) is 9.08. The zero-order valence-electron chi connectivity index (χ0n) is 16.5. The molecule has 0 heterocycles. The smallest absolute Gasteiger partial charge is 0.330 e. The summed E-state index contributed by atoms with van der Waals surface area (Å²) in [5.41, 5.74) is -0.393. The predicted molar refractivity (Wildman–Crippen MR) is 108 cm³/mol. The summed E-state index contributed by atoms with van der Waals surface area (Å²) in [7, 11) is 0. The summed E-state index contributed by atoms with van der Waals surface area (Å²) in [6, 6.07) is 8.85. The van der Waals surface area contributed by atoms with Gasteiger partial charge in [0.15, 0.2) is 0 Å². The van der Waals surface area contributed by atoms with Crippen LogP contribution in [0.2, 0.25) is 0 Å². The second kappa shape index (κ2) is 11.6. The highest BCUT2D eigenvalue weighted by molar-refractivity contribution is 5.92. The zero-order valence-corrected chi connectivity index (χ0v) is 16.5. The molecule has 152 valence electrons. The Morgan fingerprint density at radius 2 is 1.61 bits per heavy atom. The Labute approximate surface area is 166 Å². The molecule has 1 aromatic rings. The van der Waals surface area contributed by atoms with Crippen LogP contribution in [0, 0.1) is 0 Å². The number of hydrogen-bond acceptors (Lipinski definition) is 5. The van der Waals surface area contributed by atoms with Crippen LogP contribution < -0.4 is 10.2 Å². The number of carbonyl (C=O) groups excluding carboxylic acids is 3. The SMILES string of the molecule is C=CC(=O)OCC(C)(COC(=O)C=C)NC(=O)N(CCCC)c1ccccc1. The molecule has 1 N–H and O–H groups in total. The van der Waals surface area contributed by atoms with E-state index in [-0.39, 0.29) is 19.2 Å². The lowest BCUT2D eigenvalue weighted by atomic mass is 10.1. The topological polar surface area (TPSA) is 84.9 Å². The molecule has 2 amide bonds. The van der Waals surface area contributed by atoms with E-state index >= 15 is 0 Å². The third kappa shape index (κ3) is 7.65. The van der Waals surface area contributed by atoms with E-state index in [0.717, 1.165) is 30.7 Å². The number of para-hydroxylation sites is 1. The van der Waals surface area contributed by atoms with Gasteiger partial charge in [-0.2, -0.15) is 0 Å². The average Bonchev–Trinajstić information content (AvgIpc) is 2.71. The number of carbonyl (C=O) groups is 3. The Morgan fingerprint density at radius 1 is 1.07 bits per heavy atom. The number of ether oxygens (including phenoxy) is 2. The number of nitrogens with zero attached hydrogens (tertiary/aromatic N) is 1. The van der Waals surface area contributed by atoms with E-state index in [0.29, 0.717) is 6.54 Å². The number of esters is 2. The molecule has 0 bridgehead atoms. The number of rotatable bonds is 11. The van der Waals surface area contributed by atoms with E-state index < -0.39 is 17.5 Å². The molecule has 0 atom stereocenters. The normalized spacial score (nSPS) is 10.5. The molecule has 0 fully saturated rings. The van der Waals surface area contributed by atoms with Crippen LogP contribution in [0.15, 0.2) is 55.6 Å². The number of hydrogen-bond donors (Lipinski definition) is 1. The van der Waals surface area contributed by atoms with E-state index in [1.54, 1.807) is 11.8 Å². The molecular formula is C21H28N2O5. The Hall–Kier alpha value is -3.09. The van der Waals surface area contributed by atoms with Gasteiger partial charge in [0.1, 0.15) is 18.8 Å². The first kappa shape index (κ1) is 23.0. The van der Waals surface area contributed by atoms with Crippen molar-refractivity contribution in [2.75, 3.05) is 24.7 Å². The zero-order chi connectivity index (χ0) is 21.0. The number of amides is 2. The van der Waals surface area contributed by atoms with Crippen molar-refractivity contribution in [3.8, 4) is 0 Å². The van der Waals surface area contributed by atoms with Crippen molar-refractivity contribution in [1.29, 1.82) is 0 Å². The second-order valence-corrected chi connectivity index (χ2v) is 6.46. The highest BCUT2D eigenvalue weighted by Gasteiger charge is 2.32. The lowest BCUT2D eigenvalue weighted by Crippen LogP contribution is -2.57. The van der Waals surface area contributed by atoms with Crippen LogP contribution in [-0.4, -0.2) is 43.3 Å². The monoisotopic (exact) mass is 388 g/mol. The van der Waals surface area contributed by atoms with Gasteiger partial charge >= 0.3 is 18.0 Å². The summed E-state index contributed by atoms with van der Waals surface area (Å²) >= 11 is 0. The highest BCUT2D eigenvalue weighted by atomic mass is 16.5. The molecular weight excluding hydrogens is 360 g/mol. The van der Waals surface area contributed by atoms with Gasteiger partial charge in [0, 0.05) is 24.4 Å². The van der Waals surface area contributed by atoms with Crippen molar-refractivity contribution in [2.24, 2.45) is 0 Å². The Kier molecular flexibility index (Phi) is 9.50. The minimum absolute atomic E-state index is 0.190. The average molecular weight is 388 g/mol. The van der Waals surface area contributed by atoms with Crippen LogP contribution >= 0.6 is 0 Å². The van der Waals surface area contributed by atoms with Crippen LogP contribution in [0.1, 0.15) is 26.7 Å². The molecule has 1 rings (SSSR count). The minimum Gasteiger partial charge on any atom is -0.460 e. The van der Waals surface area contributed by atoms with Crippen molar-refractivity contribution >= 4 is 23.7 Å². The Bertz CT molecular complexity index is 663. The minimum atomic E-state index is -1.13. The molecule has 0 unspecified atom stereocenters. The molecule has 28 heavy (non-hydrogen) atoms. The molecule has 0 spiro atoms. The van der Waals surface area contributed by atoms with Crippen molar-refractivity contribution in [1.82, 2.24) is 5.32 Å². The van der Waals surface area contributed by atoms with E-state index in [2.05, 4.69) is 18.5 Å². The standard InChI is InChI=1S/C21H28N2O5/c1-5-8-14-23(17-12-10-9-11-13-17)20(26)22-21(4,15-27-18(24)6-2)16-28-19(25)7-3/h6-7,9-13H,2-3,5,8,14-16H2,1,4H3,(H,22,26). The molecule has 0 aliphatic rings. The van der Waals surface area contributed by atoms with Gasteiger partial charge in [-0.25, -0.2) is 14.4 Å². The van der Waals surface area contributed by atoms with Gasteiger partial charge in [0.2, 0.25) is 0 Å². The van der Waals surface area contributed by atoms with Crippen LogP contribution in [-0.2, 0) is 19.1 Å². The number of nitrogens with one attached hydrogen (secondary N) is 1. The molecule has 0 radical (unpaired) electrons. The van der Waals surface area contributed by atoms with Crippen LogP contribution in [0.4, 0.5) is 10.5 Å². The molecule has 0 aliphatic carbocycles. The number of anilines is 1. The summed E-state index contributed by atoms with van der Waals surface area (Å²) in [4.78, 5) is 37.5. The Balaban J connectivity index is 2.98. The number of unbranched alkanes of at least 4 members (excludes halogenated alkanes) is 1. The molecule has 0 saturated carbocycles. The van der Waals surface area contributed by atoms with Gasteiger partial charge in [-0.3, -0.25) is 4.90 Å². The summed E-state index contributed by atoms with van der Waals surface area (Å²) in [5, 5.41) is 2.82. The van der Waals surface area contributed by atoms with Crippen molar-refractivity contribution in [2.45, 2.75) is 32.2 Å². The maximum Gasteiger partial charge on any atom is 0.330 e. The second-order valence-electron chi connectivity index (χ2n) is 6.46. The third-order valence-electron chi connectivity index (χ3n) is 3.86. The molecule has 7 heteroatoms. The van der Waals surface area contributed by atoms with E-state index in [1.807, 2.05) is 37.3 Å². The van der Waals surface area contributed by atoms with Gasteiger partial charge in [-0.05, 0) is 25.5 Å². The van der Waals surface area contributed by atoms with Crippen LogP contribution in [0.5, 0.6) is 0 Å².